The van der Waals surface area contributed by atoms with Crippen LogP contribution < -0.4 is 10.6 Å². The second kappa shape index (κ2) is 15.0. The molecule has 6 atom stereocenters. The van der Waals surface area contributed by atoms with Crippen LogP contribution in [0.25, 0.3) is 0 Å². The van der Waals surface area contributed by atoms with Crippen LogP contribution in [0.5, 0.6) is 0 Å². The number of thiocarbonyl (C=S) groups is 1. The largest absolute Gasteiger partial charge is 0.460 e. The summed E-state index contributed by atoms with van der Waals surface area (Å²) < 4.78 is 97.1. The van der Waals surface area contributed by atoms with Crippen LogP contribution in [0.15, 0.2) is 36.4 Å². The number of hydrogen-bond acceptors (Lipinski definition) is 6. The molecule has 14 heteroatoms. The van der Waals surface area contributed by atoms with Crippen LogP contribution in [-0.4, -0.2) is 57.7 Å². The zero-order valence-corrected chi connectivity index (χ0v) is 32.0. The van der Waals surface area contributed by atoms with E-state index in [-0.39, 0.29) is 29.0 Å². The number of ether oxygens (including phenoxy) is 2. The first-order valence-corrected chi connectivity index (χ1v) is 17.2. The van der Waals surface area contributed by atoms with Crippen LogP contribution >= 0.6 is 12.2 Å². The Morgan fingerprint density at radius 1 is 0.731 bits per heavy atom. The molecule has 0 saturated carbocycles. The molecular weight excluding hydrogens is 710 g/mol. The summed E-state index contributed by atoms with van der Waals surface area (Å²) in [5, 5.41) is 4.90. The standard InChI is InChI=1S/C19H24F3NO3.C19H24F3NO2S/c1-17(2,3)26-15(24)9-11-6-7-13(20)12(8-11)19(5)14(21)10-18(4,22)16(25)23-19;1-17(2,3)25-15(24)9-11-6-7-13(20)12(8-11)19(5)14(21)10-18(4,22)16(26)23-19/h6-8,14H,9-10H2,1-5H3,(H,23,25);6-8,14H,9-10H2,1-5H3,(H,23,26)/t2*14-,18+,19+/m00/s1. The first-order chi connectivity index (χ1) is 23.5. The van der Waals surface area contributed by atoms with Gasteiger partial charge in [-0.05, 0) is 105 Å². The Bertz CT molecular complexity index is 1580. The lowest BCUT2D eigenvalue weighted by Crippen LogP contribution is -2.62. The number of benzene rings is 2. The highest BCUT2D eigenvalue weighted by atomic mass is 32.1. The average molecular weight is 759 g/mol. The molecule has 2 fully saturated rings. The Balaban J connectivity index is 0.000000280. The van der Waals surface area contributed by atoms with Gasteiger partial charge in [-0.2, -0.15) is 0 Å². The van der Waals surface area contributed by atoms with Crippen LogP contribution in [0, 0.1) is 11.6 Å². The van der Waals surface area contributed by atoms with E-state index in [1.165, 1.54) is 51.1 Å². The van der Waals surface area contributed by atoms with Gasteiger partial charge in [-0.3, -0.25) is 14.4 Å². The van der Waals surface area contributed by atoms with E-state index in [9.17, 15) is 40.7 Å². The number of alkyl halides is 4. The number of carbonyl (C=O) groups is 3. The van der Waals surface area contributed by atoms with E-state index in [1.54, 1.807) is 41.5 Å². The minimum atomic E-state index is -2.36. The quantitative estimate of drug-likeness (QED) is 0.176. The summed E-state index contributed by atoms with van der Waals surface area (Å²) in [5.74, 6) is -3.38. The first kappa shape index (κ1) is 42.7. The van der Waals surface area contributed by atoms with Gasteiger partial charge in [0.25, 0.3) is 5.91 Å². The molecule has 288 valence electrons. The fourth-order valence-electron chi connectivity index (χ4n) is 5.88. The zero-order chi connectivity index (χ0) is 39.8. The second-order valence-electron chi connectivity index (χ2n) is 16.2. The Morgan fingerprint density at radius 2 is 1.10 bits per heavy atom. The molecule has 2 N–H and O–H groups in total. The third-order valence-electron chi connectivity index (χ3n) is 8.79. The van der Waals surface area contributed by atoms with Crippen molar-refractivity contribution in [1.29, 1.82) is 0 Å². The molecule has 0 aromatic heterocycles. The van der Waals surface area contributed by atoms with Crippen LogP contribution in [0.3, 0.4) is 0 Å². The smallest absolute Gasteiger partial charge is 0.310 e. The Kier molecular flexibility index (Phi) is 12.3. The first-order valence-electron chi connectivity index (χ1n) is 16.8. The van der Waals surface area contributed by atoms with Crippen molar-refractivity contribution in [2.24, 2.45) is 0 Å². The summed E-state index contributed by atoms with van der Waals surface area (Å²) in [6, 6.07) is 7.82. The van der Waals surface area contributed by atoms with Gasteiger partial charge in [0.1, 0.15) is 40.2 Å². The molecule has 2 aromatic rings. The number of carbonyl (C=O) groups excluding carboxylic acids is 3. The number of rotatable bonds is 6. The van der Waals surface area contributed by atoms with Crippen LogP contribution in [0.2, 0.25) is 0 Å². The third kappa shape index (κ3) is 10.3. The van der Waals surface area contributed by atoms with Crippen molar-refractivity contribution in [1.82, 2.24) is 10.6 Å². The predicted octanol–water partition coefficient (Wildman–Crippen LogP) is 7.82. The van der Waals surface area contributed by atoms with Crippen LogP contribution in [-0.2, 0) is 47.8 Å². The average Bonchev–Trinajstić information content (AvgIpc) is 2.95. The van der Waals surface area contributed by atoms with Crippen molar-refractivity contribution >= 4 is 35.1 Å². The summed E-state index contributed by atoms with van der Waals surface area (Å²) >= 11 is 5.00. The molecule has 4 rings (SSSR count). The number of esters is 2. The fraction of sp³-hybridized carbons (Fsp3) is 0.579. The molecule has 52 heavy (non-hydrogen) atoms. The normalized spacial score (nSPS) is 29.2. The molecule has 2 aromatic carbocycles. The van der Waals surface area contributed by atoms with Gasteiger partial charge in [0, 0.05) is 24.0 Å². The van der Waals surface area contributed by atoms with E-state index in [1.807, 2.05) is 0 Å². The van der Waals surface area contributed by atoms with Crippen molar-refractivity contribution in [3.8, 4) is 0 Å². The summed E-state index contributed by atoms with van der Waals surface area (Å²) in [4.78, 5) is 35.7. The maximum absolute atomic E-state index is 14.8. The van der Waals surface area contributed by atoms with Crippen molar-refractivity contribution in [2.75, 3.05) is 0 Å². The fourth-order valence-corrected chi connectivity index (χ4v) is 6.17. The van der Waals surface area contributed by atoms with E-state index >= 15 is 0 Å². The predicted molar refractivity (Wildman–Crippen MR) is 189 cm³/mol. The number of halogens is 6. The van der Waals surface area contributed by atoms with E-state index in [0.29, 0.717) is 11.1 Å². The molecular formula is C38H48F6N2O5S. The van der Waals surface area contributed by atoms with Gasteiger partial charge in [-0.15, -0.1) is 0 Å². The molecule has 2 saturated heterocycles. The van der Waals surface area contributed by atoms with Gasteiger partial charge in [0.05, 0.1) is 23.9 Å². The molecule has 0 bridgehead atoms. The molecule has 2 aliphatic rings. The molecule has 0 radical (unpaired) electrons. The minimum Gasteiger partial charge on any atom is -0.460 e. The maximum atomic E-state index is 14.8. The minimum absolute atomic E-state index is 0.00362. The Hall–Kier alpha value is -3.68. The SMILES string of the molecule is CC(C)(C)OC(=O)Cc1ccc(F)c([C@@]2(C)NC(=O)[C@](C)(F)C[C@@H]2F)c1.CC(C)(C)OC(=O)Cc1ccc(F)c([C@@]2(C)NC(=S)[C@](C)(F)C[C@@H]2F)c1. The Labute approximate surface area is 306 Å². The van der Waals surface area contributed by atoms with Gasteiger partial charge >= 0.3 is 11.9 Å². The second-order valence-corrected chi connectivity index (χ2v) is 16.6. The van der Waals surface area contributed by atoms with Gasteiger partial charge in [-0.1, -0.05) is 24.4 Å². The van der Waals surface area contributed by atoms with Crippen LogP contribution in [0.4, 0.5) is 26.3 Å². The lowest BCUT2D eigenvalue weighted by molar-refractivity contribution is -0.155. The molecule has 0 unspecified atom stereocenters. The number of piperidine rings is 2. The summed E-state index contributed by atoms with van der Waals surface area (Å²) in [7, 11) is 0. The molecule has 0 spiro atoms. The summed E-state index contributed by atoms with van der Waals surface area (Å²) in [6.07, 6.45) is -4.89. The highest BCUT2D eigenvalue weighted by molar-refractivity contribution is 7.80. The monoisotopic (exact) mass is 758 g/mol. The van der Waals surface area contributed by atoms with Gasteiger partial charge in [0.15, 0.2) is 11.3 Å². The highest BCUT2D eigenvalue weighted by Gasteiger charge is 2.53. The lowest BCUT2D eigenvalue weighted by atomic mass is 9.77. The topological polar surface area (TPSA) is 93.7 Å². The van der Waals surface area contributed by atoms with Crippen molar-refractivity contribution in [3.63, 3.8) is 0 Å². The number of amides is 1. The van der Waals surface area contributed by atoms with Gasteiger partial charge < -0.3 is 20.1 Å². The van der Waals surface area contributed by atoms with E-state index in [0.717, 1.165) is 13.0 Å². The number of hydrogen-bond donors (Lipinski definition) is 2. The Morgan fingerprint density at radius 3 is 1.48 bits per heavy atom. The van der Waals surface area contributed by atoms with E-state index in [4.69, 9.17) is 21.7 Å². The molecule has 0 aliphatic carbocycles. The lowest BCUT2D eigenvalue weighted by Gasteiger charge is -2.44. The highest BCUT2D eigenvalue weighted by Crippen LogP contribution is 2.41. The van der Waals surface area contributed by atoms with Crippen molar-refractivity contribution in [3.05, 3.63) is 70.3 Å². The summed E-state index contributed by atoms with van der Waals surface area (Å²) in [6.45, 7) is 15.3. The molecule has 1 amide bonds. The van der Waals surface area contributed by atoms with Crippen molar-refractivity contribution in [2.45, 2.75) is 141 Å². The van der Waals surface area contributed by atoms with Crippen LogP contribution in [0.1, 0.15) is 104 Å². The van der Waals surface area contributed by atoms with Gasteiger partial charge in [0.2, 0.25) is 0 Å². The van der Waals surface area contributed by atoms with Crippen molar-refractivity contribution < 1.29 is 50.2 Å². The third-order valence-corrected chi connectivity index (χ3v) is 9.32. The molecule has 2 heterocycles. The van der Waals surface area contributed by atoms with E-state index in [2.05, 4.69) is 10.6 Å². The zero-order valence-electron chi connectivity index (χ0n) is 31.2. The van der Waals surface area contributed by atoms with Gasteiger partial charge in [-0.25, -0.2) is 26.3 Å². The number of nitrogens with one attached hydrogen (secondary N) is 2. The van der Waals surface area contributed by atoms with E-state index < -0.39 is 88.3 Å². The maximum Gasteiger partial charge on any atom is 0.310 e. The summed E-state index contributed by atoms with van der Waals surface area (Å²) in [5.41, 5.74) is -8.14. The molecule has 7 nitrogen and oxygen atoms in total. The molecule has 2 aliphatic heterocycles.